The molecule has 0 unspecified atom stereocenters. The van der Waals surface area contributed by atoms with Gasteiger partial charge >= 0.3 is 0 Å². The molecule has 0 spiro atoms. The molecule has 1 amide bonds. The van der Waals surface area contributed by atoms with Gasteiger partial charge in [0.2, 0.25) is 0 Å². The summed E-state index contributed by atoms with van der Waals surface area (Å²) in [5, 5.41) is 0.196. The Hall–Kier alpha value is -1.59. The van der Waals surface area contributed by atoms with Crippen LogP contribution in [0.3, 0.4) is 0 Å². The molecule has 1 aromatic carbocycles. The monoisotopic (exact) mass is 352 g/mol. The number of aromatic nitrogens is 1. The van der Waals surface area contributed by atoms with E-state index in [1.54, 1.807) is 17.2 Å². The number of rotatable bonds is 1. The predicted octanol–water partition coefficient (Wildman–Crippen LogP) is 3.54. The summed E-state index contributed by atoms with van der Waals surface area (Å²) in [7, 11) is 0. The third kappa shape index (κ3) is 2.39. The number of ether oxygens (including phenoxy) is 1. The normalized spacial score (nSPS) is 13.6. The predicted molar refractivity (Wildman–Crippen MR) is 80.6 cm³/mol. The largest absolute Gasteiger partial charge is 0.490 e. The Morgan fingerprint density at radius 3 is 3.05 bits per heavy atom. The third-order valence-corrected chi connectivity index (χ3v) is 3.74. The molecule has 1 aliphatic heterocycles. The van der Waals surface area contributed by atoms with E-state index in [9.17, 15) is 4.79 Å². The zero-order valence-electron chi connectivity index (χ0n) is 10.3. The quantitative estimate of drug-likeness (QED) is 0.737. The van der Waals surface area contributed by atoms with Gasteiger partial charge in [0.15, 0.2) is 0 Å². The lowest BCUT2D eigenvalue weighted by Crippen LogP contribution is -2.38. The molecular formula is C14H10BrClN2O2. The van der Waals surface area contributed by atoms with Crippen molar-refractivity contribution in [2.75, 3.05) is 18.1 Å². The van der Waals surface area contributed by atoms with E-state index < -0.39 is 0 Å². The van der Waals surface area contributed by atoms with Crippen LogP contribution >= 0.6 is 27.5 Å². The van der Waals surface area contributed by atoms with E-state index in [0.29, 0.717) is 28.9 Å². The summed E-state index contributed by atoms with van der Waals surface area (Å²) in [6.07, 6.45) is 1.56. The third-order valence-electron chi connectivity index (χ3n) is 3.01. The number of fused-ring (bicyclic) bond motifs is 1. The van der Waals surface area contributed by atoms with Gasteiger partial charge in [-0.1, -0.05) is 23.7 Å². The van der Waals surface area contributed by atoms with E-state index in [0.717, 1.165) is 5.69 Å². The first-order valence-corrected chi connectivity index (χ1v) is 7.18. The van der Waals surface area contributed by atoms with Gasteiger partial charge in [-0.25, -0.2) is 4.98 Å². The molecule has 0 radical (unpaired) electrons. The second-order valence-electron chi connectivity index (χ2n) is 4.26. The molecule has 0 bridgehead atoms. The standard InChI is InChI=1S/C14H10BrClN2O2/c15-9-7-10(13(16)17-8-9)14(19)18-5-6-20-12-4-2-1-3-11(12)18/h1-4,7-8H,5-6H2. The van der Waals surface area contributed by atoms with E-state index in [-0.39, 0.29) is 11.1 Å². The average Bonchev–Trinajstić information content (AvgIpc) is 2.48. The topological polar surface area (TPSA) is 42.4 Å². The van der Waals surface area contributed by atoms with Crippen molar-refractivity contribution in [1.29, 1.82) is 0 Å². The number of nitrogens with zero attached hydrogens (tertiary/aromatic N) is 2. The van der Waals surface area contributed by atoms with Crippen molar-refractivity contribution in [3.63, 3.8) is 0 Å². The first-order valence-electron chi connectivity index (χ1n) is 6.01. The van der Waals surface area contributed by atoms with E-state index in [1.165, 1.54) is 0 Å². The molecule has 1 aliphatic rings. The average molecular weight is 354 g/mol. The molecule has 3 rings (SSSR count). The number of hydrogen-bond acceptors (Lipinski definition) is 3. The van der Waals surface area contributed by atoms with Gasteiger partial charge < -0.3 is 9.64 Å². The van der Waals surface area contributed by atoms with Crippen molar-refractivity contribution in [3.05, 3.63) is 51.7 Å². The molecule has 4 nitrogen and oxygen atoms in total. The van der Waals surface area contributed by atoms with Crippen LogP contribution in [0, 0.1) is 0 Å². The van der Waals surface area contributed by atoms with Crippen molar-refractivity contribution in [2.24, 2.45) is 0 Å². The fourth-order valence-electron chi connectivity index (χ4n) is 2.10. The Labute approximate surface area is 129 Å². The molecule has 0 N–H and O–H groups in total. The van der Waals surface area contributed by atoms with Crippen molar-refractivity contribution < 1.29 is 9.53 Å². The van der Waals surface area contributed by atoms with Gasteiger partial charge in [0.05, 0.1) is 17.8 Å². The van der Waals surface area contributed by atoms with Crippen molar-refractivity contribution in [3.8, 4) is 5.75 Å². The number of amides is 1. The maximum Gasteiger partial charge on any atom is 0.261 e. The summed E-state index contributed by atoms with van der Waals surface area (Å²) >= 11 is 9.33. The number of halogens is 2. The minimum absolute atomic E-state index is 0.181. The van der Waals surface area contributed by atoms with Crippen LogP contribution in [0.25, 0.3) is 0 Å². The lowest BCUT2D eigenvalue weighted by molar-refractivity contribution is 0.0976. The van der Waals surface area contributed by atoms with Gasteiger partial charge in [0.25, 0.3) is 5.91 Å². The smallest absolute Gasteiger partial charge is 0.261 e. The number of para-hydroxylation sites is 2. The second-order valence-corrected chi connectivity index (χ2v) is 5.54. The highest BCUT2D eigenvalue weighted by Crippen LogP contribution is 2.32. The number of pyridine rings is 1. The van der Waals surface area contributed by atoms with Gasteiger partial charge in [-0.3, -0.25) is 4.79 Å². The van der Waals surface area contributed by atoms with Crippen molar-refractivity contribution in [2.45, 2.75) is 0 Å². The molecule has 0 atom stereocenters. The molecule has 6 heteroatoms. The summed E-state index contributed by atoms with van der Waals surface area (Å²) < 4.78 is 6.26. The van der Waals surface area contributed by atoms with Crippen LogP contribution in [0.4, 0.5) is 5.69 Å². The molecule has 20 heavy (non-hydrogen) atoms. The first-order chi connectivity index (χ1) is 9.66. The molecule has 2 aromatic rings. The van der Waals surface area contributed by atoms with E-state index >= 15 is 0 Å². The summed E-state index contributed by atoms with van der Waals surface area (Å²) in [4.78, 5) is 18.3. The highest BCUT2D eigenvalue weighted by Gasteiger charge is 2.26. The summed E-state index contributed by atoms with van der Waals surface area (Å²) in [6, 6.07) is 9.12. The van der Waals surface area contributed by atoms with Gasteiger partial charge in [0.1, 0.15) is 17.5 Å². The highest BCUT2D eigenvalue weighted by molar-refractivity contribution is 9.10. The molecule has 0 saturated carbocycles. The Balaban J connectivity index is 2.02. The number of carbonyl (C=O) groups excluding carboxylic acids is 1. The van der Waals surface area contributed by atoms with Crippen molar-refractivity contribution in [1.82, 2.24) is 4.98 Å². The lowest BCUT2D eigenvalue weighted by Gasteiger charge is -2.29. The number of benzene rings is 1. The Morgan fingerprint density at radius 2 is 2.20 bits per heavy atom. The molecule has 1 aromatic heterocycles. The van der Waals surface area contributed by atoms with E-state index in [4.69, 9.17) is 16.3 Å². The molecule has 0 fully saturated rings. The fourth-order valence-corrected chi connectivity index (χ4v) is 2.61. The highest BCUT2D eigenvalue weighted by atomic mass is 79.9. The zero-order chi connectivity index (χ0) is 14.1. The molecule has 2 heterocycles. The van der Waals surface area contributed by atoms with Crippen LogP contribution in [0.5, 0.6) is 5.75 Å². The van der Waals surface area contributed by atoms with Crippen LogP contribution in [-0.4, -0.2) is 24.0 Å². The minimum atomic E-state index is -0.181. The van der Waals surface area contributed by atoms with E-state index in [1.807, 2.05) is 24.3 Å². The summed E-state index contributed by atoms with van der Waals surface area (Å²) in [5.41, 5.74) is 1.12. The molecule has 102 valence electrons. The molecular weight excluding hydrogens is 344 g/mol. The van der Waals surface area contributed by atoms with E-state index in [2.05, 4.69) is 20.9 Å². The zero-order valence-corrected chi connectivity index (χ0v) is 12.7. The number of carbonyl (C=O) groups is 1. The van der Waals surface area contributed by atoms with Gasteiger partial charge in [-0.15, -0.1) is 0 Å². The minimum Gasteiger partial charge on any atom is -0.490 e. The van der Waals surface area contributed by atoms with Gasteiger partial charge in [-0.05, 0) is 34.1 Å². The van der Waals surface area contributed by atoms with Gasteiger partial charge in [0, 0.05) is 10.7 Å². The van der Waals surface area contributed by atoms with Crippen LogP contribution < -0.4 is 9.64 Å². The maximum absolute atomic E-state index is 12.7. The summed E-state index contributed by atoms with van der Waals surface area (Å²) in [5.74, 6) is 0.519. The number of anilines is 1. The Kier molecular flexibility index (Phi) is 3.63. The summed E-state index contributed by atoms with van der Waals surface area (Å²) in [6.45, 7) is 0.945. The maximum atomic E-state index is 12.7. The SMILES string of the molecule is O=C(c1cc(Br)cnc1Cl)N1CCOc2ccccc21. The fraction of sp³-hybridized carbons (Fsp3) is 0.143. The van der Waals surface area contributed by atoms with Crippen LogP contribution in [-0.2, 0) is 0 Å². The lowest BCUT2D eigenvalue weighted by atomic mass is 10.2. The Bertz CT molecular complexity index is 678. The van der Waals surface area contributed by atoms with Crippen LogP contribution in [0.1, 0.15) is 10.4 Å². The molecule has 0 saturated heterocycles. The van der Waals surface area contributed by atoms with Gasteiger partial charge in [-0.2, -0.15) is 0 Å². The van der Waals surface area contributed by atoms with Crippen LogP contribution in [0.15, 0.2) is 41.0 Å². The Morgan fingerprint density at radius 1 is 1.40 bits per heavy atom. The van der Waals surface area contributed by atoms with Crippen molar-refractivity contribution >= 4 is 39.1 Å². The second kappa shape index (κ2) is 5.42. The first kappa shape index (κ1) is 13.4. The molecule has 0 aliphatic carbocycles. The number of hydrogen-bond donors (Lipinski definition) is 0. The van der Waals surface area contributed by atoms with Crippen LogP contribution in [0.2, 0.25) is 5.15 Å².